The molecule has 0 radical (unpaired) electrons. The minimum Gasteiger partial charge on any atom is -0.314 e. The maximum Gasteiger partial charge on any atom is 0.159 e. The minimum atomic E-state index is 0.488. The van der Waals surface area contributed by atoms with Crippen LogP contribution in [0.1, 0.15) is 6.42 Å². The first-order chi connectivity index (χ1) is 6.42. The summed E-state index contributed by atoms with van der Waals surface area (Å²) in [6.07, 6.45) is 3.93. The normalized spacial score (nSPS) is 10.1. The van der Waals surface area contributed by atoms with Crippen LogP contribution in [0.5, 0.6) is 0 Å². The van der Waals surface area contributed by atoms with Gasteiger partial charge in [-0.2, -0.15) is 5.26 Å². The lowest BCUT2D eigenvalue weighted by Crippen LogP contribution is -1.95. The molecule has 4 heteroatoms. The summed E-state index contributed by atoms with van der Waals surface area (Å²) in [6, 6.07) is 5.85. The Balaban J connectivity index is 2.41. The molecule has 2 aromatic rings. The predicted molar refractivity (Wildman–Crippen MR) is 47.8 cm³/mol. The van der Waals surface area contributed by atoms with Crippen molar-refractivity contribution in [1.29, 1.82) is 5.26 Å². The van der Waals surface area contributed by atoms with Crippen LogP contribution in [0.4, 0.5) is 0 Å². The fraction of sp³-hybridized carbons (Fsp3) is 0.222. The second-order valence-electron chi connectivity index (χ2n) is 2.69. The number of nitriles is 1. The van der Waals surface area contributed by atoms with Gasteiger partial charge in [-0.15, -0.1) is 0 Å². The van der Waals surface area contributed by atoms with E-state index in [9.17, 15) is 0 Å². The molecule has 2 rings (SSSR count). The van der Waals surface area contributed by atoms with Gasteiger partial charge in [0.05, 0.1) is 18.8 Å². The summed E-state index contributed by atoms with van der Waals surface area (Å²) in [4.78, 5) is 8.35. The molecule has 4 nitrogen and oxygen atoms in total. The van der Waals surface area contributed by atoms with E-state index in [1.54, 1.807) is 12.5 Å². The molecule has 0 N–H and O–H groups in total. The monoisotopic (exact) mass is 172 g/mol. The third-order valence-electron chi connectivity index (χ3n) is 1.84. The number of aromatic nitrogens is 3. The molecule has 0 bridgehead atoms. The highest BCUT2D eigenvalue weighted by molar-refractivity contribution is 5.69. The second-order valence-corrected chi connectivity index (χ2v) is 2.69. The summed E-state index contributed by atoms with van der Waals surface area (Å²) in [5.41, 5.74) is 1.72. The zero-order valence-electron chi connectivity index (χ0n) is 7.01. The molecule has 13 heavy (non-hydrogen) atoms. The van der Waals surface area contributed by atoms with Gasteiger partial charge in [0, 0.05) is 12.7 Å². The SMILES string of the molecule is N#CCCn1cnc2cccnc21. The van der Waals surface area contributed by atoms with Crippen LogP contribution in [-0.2, 0) is 6.54 Å². The fourth-order valence-electron chi connectivity index (χ4n) is 1.23. The number of rotatable bonds is 2. The van der Waals surface area contributed by atoms with Crippen molar-refractivity contribution in [2.45, 2.75) is 13.0 Å². The molecule has 2 aromatic heterocycles. The number of aryl methyl sites for hydroxylation is 1. The zero-order valence-corrected chi connectivity index (χ0v) is 7.01. The van der Waals surface area contributed by atoms with Gasteiger partial charge in [-0.3, -0.25) is 0 Å². The van der Waals surface area contributed by atoms with E-state index in [1.165, 1.54) is 0 Å². The van der Waals surface area contributed by atoms with Crippen LogP contribution in [0.3, 0.4) is 0 Å². The fourth-order valence-corrected chi connectivity index (χ4v) is 1.23. The van der Waals surface area contributed by atoms with Crippen molar-refractivity contribution in [3.05, 3.63) is 24.7 Å². The predicted octanol–water partition coefficient (Wildman–Crippen LogP) is 1.34. The average molecular weight is 172 g/mol. The molecule has 0 amide bonds. The quantitative estimate of drug-likeness (QED) is 0.687. The van der Waals surface area contributed by atoms with Crippen molar-refractivity contribution >= 4 is 11.2 Å². The molecule has 0 aliphatic heterocycles. The highest BCUT2D eigenvalue weighted by Crippen LogP contribution is 2.08. The Morgan fingerprint density at radius 2 is 2.38 bits per heavy atom. The van der Waals surface area contributed by atoms with Crippen molar-refractivity contribution in [3.63, 3.8) is 0 Å². The topological polar surface area (TPSA) is 54.5 Å². The molecule has 0 unspecified atom stereocenters. The lowest BCUT2D eigenvalue weighted by atomic mass is 10.4. The molecule has 0 aromatic carbocycles. The van der Waals surface area contributed by atoms with E-state index in [2.05, 4.69) is 16.0 Å². The molecule has 0 saturated carbocycles. The van der Waals surface area contributed by atoms with E-state index in [4.69, 9.17) is 5.26 Å². The van der Waals surface area contributed by atoms with Crippen molar-refractivity contribution in [2.75, 3.05) is 0 Å². The van der Waals surface area contributed by atoms with Crippen LogP contribution in [0.15, 0.2) is 24.7 Å². The van der Waals surface area contributed by atoms with Crippen molar-refractivity contribution in [2.24, 2.45) is 0 Å². The summed E-state index contributed by atoms with van der Waals surface area (Å²) in [5.74, 6) is 0. The van der Waals surface area contributed by atoms with E-state index in [1.807, 2.05) is 16.7 Å². The Morgan fingerprint density at radius 1 is 1.46 bits per heavy atom. The third kappa shape index (κ3) is 1.36. The van der Waals surface area contributed by atoms with Crippen molar-refractivity contribution in [3.8, 4) is 6.07 Å². The summed E-state index contributed by atoms with van der Waals surface area (Å²) >= 11 is 0. The minimum absolute atomic E-state index is 0.488. The Kier molecular flexibility index (Phi) is 1.93. The zero-order chi connectivity index (χ0) is 9.10. The van der Waals surface area contributed by atoms with Crippen LogP contribution in [0, 0.1) is 11.3 Å². The Morgan fingerprint density at radius 3 is 3.23 bits per heavy atom. The van der Waals surface area contributed by atoms with Crippen LogP contribution in [-0.4, -0.2) is 14.5 Å². The van der Waals surface area contributed by atoms with E-state index in [0.29, 0.717) is 13.0 Å². The number of hydrogen-bond donors (Lipinski definition) is 0. The van der Waals surface area contributed by atoms with Crippen molar-refractivity contribution < 1.29 is 0 Å². The van der Waals surface area contributed by atoms with Gasteiger partial charge in [0.2, 0.25) is 0 Å². The number of nitrogens with zero attached hydrogens (tertiary/aromatic N) is 4. The highest BCUT2D eigenvalue weighted by atomic mass is 15.1. The number of imidazole rings is 1. The largest absolute Gasteiger partial charge is 0.314 e. The summed E-state index contributed by atoms with van der Waals surface area (Å²) in [6.45, 7) is 0.657. The summed E-state index contributed by atoms with van der Waals surface area (Å²) in [5, 5.41) is 8.43. The first-order valence-corrected chi connectivity index (χ1v) is 4.04. The Hall–Kier alpha value is -1.89. The molecule has 0 saturated heterocycles. The molecular formula is C9H8N4. The Labute approximate surface area is 75.5 Å². The van der Waals surface area contributed by atoms with Gasteiger partial charge in [0.15, 0.2) is 5.65 Å². The summed E-state index contributed by atoms with van der Waals surface area (Å²) < 4.78 is 1.89. The first-order valence-electron chi connectivity index (χ1n) is 4.04. The van der Waals surface area contributed by atoms with Gasteiger partial charge in [0.25, 0.3) is 0 Å². The maximum atomic E-state index is 8.43. The first kappa shape index (κ1) is 7.74. The van der Waals surface area contributed by atoms with E-state index >= 15 is 0 Å². The molecule has 0 spiro atoms. The van der Waals surface area contributed by atoms with Crippen LogP contribution >= 0.6 is 0 Å². The molecule has 64 valence electrons. The molecule has 0 aliphatic rings. The summed E-state index contributed by atoms with van der Waals surface area (Å²) in [7, 11) is 0. The molecule has 2 heterocycles. The van der Waals surface area contributed by atoms with Gasteiger partial charge in [-0.1, -0.05) is 0 Å². The molecule has 0 fully saturated rings. The third-order valence-corrected chi connectivity index (χ3v) is 1.84. The van der Waals surface area contributed by atoms with Crippen LogP contribution < -0.4 is 0 Å². The molecule has 0 atom stereocenters. The lowest BCUT2D eigenvalue weighted by Gasteiger charge is -1.97. The van der Waals surface area contributed by atoms with E-state index < -0.39 is 0 Å². The Bertz CT molecular complexity index is 452. The average Bonchev–Trinajstić information content (AvgIpc) is 2.58. The van der Waals surface area contributed by atoms with Gasteiger partial charge in [-0.05, 0) is 12.1 Å². The highest BCUT2D eigenvalue weighted by Gasteiger charge is 2.00. The van der Waals surface area contributed by atoms with Crippen LogP contribution in [0.25, 0.3) is 11.2 Å². The van der Waals surface area contributed by atoms with Gasteiger partial charge in [-0.25, -0.2) is 9.97 Å². The number of fused-ring (bicyclic) bond motifs is 1. The van der Waals surface area contributed by atoms with Gasteiger partial charge < -0.3 is 4.57 Å². The molecule has 0 aliphatic carbocycles. The van der Waals surface area contributed by atoms with E-state index in [-0.39, 0.29) is 0 Å². The maximum absolute atomic E-state index is 8.43. The van der Waals surface area contributed by atoms with Crippen LogP contribution in [0.2, 0.25) is 0 Å². The van der Waals surface area contributed by atoms with Gasteiger partial charge in [0.1, 0.15) is 5.52 Å². The smallest absolute Gasteiger partial charge is 0.159 e. The van der Waals surface area contributed by atoms with Gasteiger partial charge >= 0.3 is 0 Å². The van der Waals surface area contributed by atoms with Crippen molar-refractivity contribution in [1.82, 2.24) is 14.5 Å². The second kappa shape index (κ2) is 3.23. The number of hydrogen-bond acceptors (Lipinski definition) is 3. The lowest BCUT2D eigenvalue weighted by molar-refractivity contribution is 0.729. The van der Waals surface area contributed by atoms with E-state index in [0.717, 1.165) is 11.2 Å². The standard InChI is InChI=1S/C9H8N4/c10-4-2-6-13-7-12-8-3-1-5-11-9(8)13/h1,3,5,7H,2,6H2. The molecular weight excluding hydrogens is 164 g/mol. The number of pyridine rings is 1.